The molecule has 29 heavy (non-hydrogen) atoms. The highest BCUT2D eigenvalue weighted by molar-refractivity contribution is 6.21. The van der Waals surface area contributed by atoms with Crippen molar-refractivity contribution in [2.24, 2.45) is 5.92 Å². The first kappa shape index (κ1) is 20.8. The first-order valence-electron chi connectivity index (χ1n) is 9.94. The molecule has 0 aliphatic carbocycles. The Hall–Kier alpha value is -2.90. The van der Waals surface area contributed by atoms with Gasteiger partial charge >= 0.3 is 6.09 Å². The second kappa shape index (κ2) is 8.63. The third-order valence-electron chi connectivity index (χ3n) is 5.11. The van der Waals surface area contributed by atoms with Gasteiger partial charge in [-0.2, -0.15) is 0 Å². The van der Waals surface area contributed by atoms with E-state index in [-0.39, 0.29) is 42.7 Å². The zero-order valence-corrected chi connectivity index (χ0v) is 17.1. The van der Waals surface area contributed by atoms with Gasteiger partial charge in [-0.1, -0.05) is 25.5 Å². The molecule has 0 aromatic heterocycles. The Morgan fingerprint density at radius 1 is 1.00 bits per heavy atom. The van der Waals surface area contributed by atoms with Gasteiger partial charge in [0.25, 0.3) is 11.8 Å². The van der Waals surface area contributed by atoms with Gasteiger partial charge in [0.05, 0.1) is 17.7 Å². The molecule has 1 saturated heterocycles. The van der Waals surface area contributed by atoms with Crippen LogP contribution in [0, 0.1) is 12.8 Å². The number of aryl methyl sites for hydroxylation is 1. The number of ether oxygens (including phenoxy) is 1. The van der Waals surface area contributed by atoms with Crippen LogP contribution in [0.25, 0.3) is 0 Å². The number of carbonyl (C=O) groups is 4. The maximum atomic E-state index is 12.5. The van der Waals surface area contributed by atoms with E-state index in [1.165, 1.54) is 0 Å². The maximum absolute atomic E-state index is 12.5. The second-order valence-electron chi connectivity index (χ2n) is 7.90. The minimum absolute atomic E-state index is 0.0564. The topological polar surface area (TPSA) is 87.2 Å². The molecule has 0 spiro atoms. The Bertz CT molecular complexity index is 828. The van der Waals surface area contributed by atoms with Crippen molar-refractivity contribution < 1.29 is 23.9 Å². The van der Waals surface area contributed by atoms with E-state index >= 15 is 0 Å². The van der Waals surface area contributed by atoms with Crippen LogP contribution in [0.3, 0.4) is 0 Å². The number of carbonyl (C=O) groups excluding carboxylic acids is 4. The number of imide groups is 1. The van der Waals surface area contributed by atoms with Crippen LogP contribution in [0.15, 0.2) is 18.2 Å². The Labute approximate surface area is 170 Å². The monoisotopic (exact) mass is 401 g/mol. The minimum atomic E-state index is -0.355. The SMILES string of the molecule is Cc1ccc2c(c1)C(=O)N(CCC(=O)N1CCN(C(=O)OCC(C)C)CC1)C2=O. The van der Waals surface area contributed by atoms with E-state index in [9.17, 15) is 19.2 Å². The Balaban J connectivity index is 1.48. The molecule has 2 aliphatic heterocycles. The smallest absolute Gasteiger partial charge is 0.409 e. The lowest BCUT2D eigenvalue weighted by molar-refractivity contribution is -0.132. The largest absolute Gasteiger partial charge is 0.449 e. The van der Waals surface area contributed by atoms with Gasteiger partial charge in [0.2, 0.25) is 5.91 Å². The molecule has 1 fully saturated rings. The number of piperazine rings is 1. The zero-order valence-electron chi connectivity index (χ0n) is 17.1. The van der Waals surface area contributed by atoms with E-state index in [2.05, 4.69) is 0 Å². The fraction of sp³-hybridized carbons (Fsp3) is 0.524. The molecular formula is C21H27N3O5. The highest BCUT2D eigenvalue weighted by Gasteiger charge is 2.36. The van der Waals surface area contributed by atoms with Gasteiger partial charge in [-0.05, 0) is 25.0 Å². The van der Waals surface area contributed by atoms with Crippen molar-refractivity contribution in [1.29, 1.82) is 0 Å². The van der Waals surface area contributed by atoms with E-state index < -0.39 is 0 Å². The van der Waals surface area contributed by atoms with Crippen molar-refractivity contribution in [2.75, 3.05) is 39.3 Å². The molecule has 3 rings (SSSR count). The number of hydrogen-bond acceptors (Lipinski definition) is 5. The fourth-order valence-corrected chi connectivity index (χ4v) is 3.44. The second-order valence-corrected chi connectivity index (χ2v) is 7.90. The summed E-state index contributed by atoms with van der Waals surface area (Å²) < 4.78 is 5.22. The van der Waals surface area contributed by atoms with E-state index in [0.717, 1.165) is 10.5 Å². The van der Waals surface area contributed by atoms with Crippen molar-refractivity contribution >= 4 is 23.8 Å². The van der Waals surface area contributed by atoms with Gasteiger partial charge in [-0.25, -0.2) is 4.79 Å². The number of benzene rings is 1. The summed E-state index contributed by atoms with van der Waals surface area (Å²) >= 11 is 0. The summed E-state index contributed by atoms with van der Waals surface area (Å²) in [6.07, 6.45) is -0.283. The average Bonchev–Trinajstić information content (AvgIpc) is 2.94. The zero-order chi connectivity index (χ0) is 21.1. The average molecular weight is 401 g/mol. The first-order chi connectivity index (χ1) is 13.8. The van der Waals surface area contributed by atoms with Crippen LogP contribution in [0.4, 0.5) is 4.79 Å². The van der Waals surface area contributed by atoms with Crippen molar-refractivity contribution in [3.63, 3.8) is 0 Å². The van der Waals surface area contributed by atoms with Crippen LogP contribution in [-0.4, -0.2) is 77.8 Å². The molecule has 2 aliphatic rings. The summed E-state index contributed by atoms with van der Waals surface area (Å²) in [5.41, 5.74) is 1.70. The van der Waals surface area contributed by atoms with Crippen LogP contribution >= 0.6 is 0 Å². The number of amides is 4. The first-order valence-corrected chi connectivity index (χ1v) is 9.94. The molecule has 8 nitrogen and oxygen atoms in total. The van der Waals surface area contributed by atoms with E-state index in [0.29, 0.717) is 43.9 Å². The predicted molar refractivity (Wildman–Crippen MR) is 106 cm³/mol. The summed E-state index contributed by atoms with van der Waals surface area (Å²) in [7, 11) is 0. The summed E-state index contributed by atoms with van der Waals surface area (Å²) in [6, 6.07) is 5.16. The Kier molecular flexibility index (Phi) is 6.20. The van der Waals surface area contributed by atoms with Crippen molar-refractivity contribution in [1.82, 2.24) is 14.7 Å². The van der Waals surface area contributed by atoms with E-state index in [1.54, 1.807) is 28.0 Å². The number of nitrogens with zero attached hydrogens (tertiary/aromatic N) is 3. The number of fused-ring (bicyclic) bond motifs is 1. The standard InChI is InChI=1S/C21H27N3O5/c1-14(2)13-29-21(28)23-10-8-22(9-11-23)18(25)6-7-24-19(26)16-5-4-15(3)12-17(16)20(24)27/h4-5,12,14H,6-11,13H2,1-3H3. The predicted octanol–water partition coefficient (Wildman–Crippen LogP) is 1.92. The molecule has 0 bridgehead atoms. The molecule has 0 radical (unpaired) electrons. The fourth-order valence-electron chi connectivity index (χ4n) is 3.44. The molecule has 4 amide bonds. The highest BCUT2D eigenvalue weighted by atomic mass is 16.6. The molecular weight excluding hydrogens is 374 g/mol. The minimum Gasteiger partial charge on any atom is -0.449 e. The summed E-state index contributed by atoms with van der Waals surface area (Å²) in [5.74, 6) is -0.560. The third-order valence-corrected chi connectivity index (χ3v) is 5.11. The van der Waals surface area contributed by atoms with Crippen LogP contribution < -0.4 is 0 Å². The molecule has 2 heterocycles. The van der Waals surface area contributed by atoms with Gasteiger partial charge in [0.15, 0.2) is 0 Å². The van der Waals surface area contributed by atoms with Gasteiger partial charge in [-0.15, -0.1) is 0 Å². The number of rotatable bonds is 5. The third kappa shape index (κ3) is 4.58. The molecule has 0 unspecified atom stereocenters. The Morgan fingerprint density at radius 3 is 2.28 bits per heavy atom. The summed E-state index contributed by atoms with van der Waals surface area (Å²) in [4.78, 5) is 53.9. The van der Waals surface area contributed by atoms with Gasteiger partial charge in [0, 0.05) is 39.1 Å². The lowest BCUT2D eigenvalue weighted by Crippen LogP contribution is -2.51. The molecule has 8 heteroatoms. The Morgan fingerprint density at radius 2 is 1.62 bits per heavy atom. The lowest BCUT2D eigenvalue weighted by atomic mass is 10.1. The van der Waals surface area contributed by atoms with Crippen LogP contribution in [0.5, 0.6) is 0 Å². The highest BCUT2D eigenvalue weighted by Crippen LogP contribution is 2.24. The quantitative estimate of drug-likeness (QED) is 0.704. The van der Waals surface area contributed by atoms with Gasteiger partial charge < -0.3 is 14.5 Å². The van der Waals surface area contributed by atoms with E-state index in [4.69, 9.17) is 4.74 Å². The number of hydrogen-bond donors (Lipinski definition) is 0. The van der Waals surface area contributed by atoms with Crippen molar-refractivity contribution in [3.8, 4) is 0 Å². The molecule has 156 valence electrons. The maximum Gasteiger partial charge on any atom is 0.409 e. The molecule has 1 aromatic carbocycles. The van der Waals surface area contributed by atoms with Crippen LogP contribution in [-0.2, 0) is 9.53 Å². The van der Waals surface area contributed by atoms with Gasteiger partial charge in [0.1, 0.15) is 0 Å². The van der Waals surface area contributed by atoms with Gasteiger partial charge in [-0.3, -0.25) is 19.3 Å². The molecule has 0 saturated carbocycles. The summed E-state index contributed by atoms with van der Waals surface area (Å²) in [6.45, 7) is 7.89. The lowest BCUT2D eigenvalue weighted by Gasteiger charge is -2.34. The normalized spacial score (nSPS) is 16.5. The van der Waals surface area contributed by atoms with Crippen molar-refractivity contribution in [2.45, 2.75) is 27.2 Å². The molecule has 0 atom stereocenters. The summed E-state index contributed by atoms with van der Waals surface area (Å²) in [5, 5.41) is 0. The van der Waals surface area contributed by atoms with Crippen molar-refractivity contribution in [3.05, 3.63) is 34.9 Å². The molecule has 1 aromatic rings. The molecule has 0 N–H and O–H groups in total. The van der Waals surface area contributed by atoms with E-state index in [1.807, 2.05) is 20.8 Å². The van der Waals surface area contributed by atoms with Crippen LogP contribution in [0.1, 0.15) is 46.5 Å². The van der Waals surface area contributed by atoms with Crippen LogP contribution in [0.2, 0.25) is 0 Å².